The van der Waals surface area contributed by atoms with E-state index in [4.69, 9.17) is 0 Å². The first kappa shape index (κ1) is 16.2. The number of imide groups is 1. The number of hydrogen-bond acceptors (Lipinski definition) is 6. The Balaban J connectivity index is 2.00. The van der Waals surface area contributed by atoms with Crippen LogP contribution in [0.2, 0.25) is 0 Å². The zero-order valence-corrected chi connectivity index (χ0v) is 13.7. The molecule has 2 aromatic heterocycles. The molecule has 0 fully saturated rings. The summed E-state index contributed by atoms with van der Waals surface area (Å²) in [6.45, 7) is 7.37. The molecule has 0 saturated heterocycles. The molecule has 2 aromatic rings. The zero-order valence-electron chi connectivity index (χ0n) is 12.9. The topological polar surface area (TPSA) is 101 Å². The van der Waals surface area contributed by atoms with E-state index >= 15 is 0 Å². The highest BCUT2D eigenvalue weighted by molar-refractivity contribution is 7.99. The number of aryl methyl sites for hydroxylation is 2. The molecule has 0 atom stereocenters. The number of nitrogens with zero attached hydrogens (tertiary/aromatic N) is 4. The first-order chi connectivity index (χ1) is 10.4. The Labute approximate surface area is 132 Å². The first-order valence-corrected chi connectivity index (χ1v) is 7.78. The monoisotopic (exact) mass is 322 g/mol. The Morgan fingerprint density at radius 2 is 2.05 bits per heavy atom. The molecule has 0 aliphatic rings. The fourth-order valence-electron chi connectivity index (χ4n) is 1.89. The number of aromatic nitrogens is 4. The lowest BCUT2D eigenvalue weighted by Gasteiger charge is -2.08. The fourth-order valence-corrected chi connectivity index (χ4v) is 2.67. The van der Waals surface area contributed by atoms with Gasteiger partial charge >= 0.3 is 6.03 Å². The molecule has 3 amide bonds. The summed E-state index contributed by atoms with van der Waals surface area (Å²) >= 11 is 1.20. The minimum absolute atomic E-state index is 0.0298. The minimum Gasteiger partial charge on any atom is -0.336 e. The van der Waals surface area contributed by atoms with Gasteiger partial charge in [0.1, 0.15) is 5.82 Å². The molecule has 9 heteroatoms. The van der Waals surface area contributed by atoms with Crippen LogP contribution in [0.5, 0.6) is 0 Å². The maximum atomic E-state index is 11.7. The van der Waals surface area contributed by atoms with E-state index in [-0.39, 0.29) is 11.8 Å². The fraction of sp³-hybridized carbons (Fsp3) is 0.462. The van der Waals surface area contributed by atoms with Crippen molar-refractivity contribution in [3.8, 4) is 0 Å². The number of thioether (sulfide) groups is 1. The highest BCUT2D eigenvalue weighted by atomic mass is 32.2. The van der Waals surface area contributed by atoms with Gasteiger partial charge in [0, 0.05) is 17.8 Å². The second-order valence-electron chi connectivity index (χ2n) is 5.09. The summed E-state index contributed by atoms with van der Waals surface area (Å²) in [5, 5.41) is 13.5. The zero-order chi connectivity index (χ0) is 16.3. The van der Waals surface area contributed by atoms with Crippen molar-refractivity contribution >= 4 is 29.3 Å². The standard InChI is InChI=1S/C13H18N6O2S/c1-7(2)14-12(21)16-11(20)6-22-13-18-17-10-5-8(3)15-9(4)19(10)13/h5,7H,6H2,1-4H3,(H2,14,16,20,21). The molecular weight excluding hydrogens is 304 g/mol. The Morgan fingerprint density at radius 3 is 2.73 bits per heavy atom. The lowest BCUT2D eigenvalue weighted by atomic mass is 10.4. The van der Waals surface area contributed by atoms with Gasteiger partial charge in [-0.1, -0.05) is 11.8 Å². The number of fused-ring (bicyclic) bond motifs is 1. The third kappa shape index (κ3) is 3.94. The number of hydrogen-bond donors (Lipinski definition) is 2. The van der Waals surface area contributed by atoms with Crippen LogP contribution in [0.1, 0.15) is 25.4 Å². The molecule has 0 saturated carbocycles. The predicted octanol–water partition coefficient (Wildman–Crippen LogP) is 1.07. The predicted molar refractivity (Wildman–Crippen MR) is 82.8 cm³/mol. The van der Waals surface area contributed by atoms with Crippen LogP contribution in [0, 0.1) is 13.8 Å². The van der Waals surface area contributed by atoms with Gasteiger partial charge in [-0.25, -0.2) is 9.78 Å². The van der Waals surface area contributed by atoms with E-state index in [1.54, 1.807) is 4.40 Å². The molecule has 0 aliphatic heterocycles. The summed E-state index contributed by atoms with van der Waals surface area (Å²) in [5.74, 6) is 0.428. The maximum Gasteiger partial charge on any atom is 0.321 e. The van der Waals surface area contributed by atoms with E-state index in [0.29, 0.717) is 10.8 Å². The SMILES string of the molecule is Cc1cc2nnc(SCC(=O)NC(=O)NC(C)C)n2c(C)n1. The largest absolute Gasteiger partial charge is 0.336 e. The number of rotatable bonds is 4. The van der Waals surface area contributed by atoms with Gasteiger partial charge < -0.3 is 5.32 Å². The van der Waals surface area contributed by atoms with E-state index in [0.717, 1.165) is 11.5 Å². The van der Waals surface area contributed by atoms with Crippen molar-refractivity contribution in [1.29, 1.82) is 0 Å². The highest BCUT2D eigenvalue weighted by Gasteiger charge is 2.13. The van der Waals surface area contributed by atoms with Crippen LogP contribution in [0.4, 0.5) is 4.79 Å². The lowest BCUT2D eigenvalue weighted by Crippen LogP contribution is -2.43. The number of carbonyl (C=O) groups is 2. The molecule has 22 heavy (non-hydrogen) atoms. The second kappa shape index (κ2) is 6.73. The summed E-state index contributed by atoms with van der Waals surface area (Å²) < 4.78 is 1.78. The Hall–Kier alpha value is -2.16. The summed E-state index contributed by atoms with van der Waals surface area (Å²) in [5.41, 5.74) is 1.54. The molecule has 0 radical (unpaired) electrons. The van der Waals surface area contributed by atoms with Crippen molar-refractivity contribution in [2.24, 2.45) is 0 Å². The van der Waals surface area contributed by atoms with Crippen LogP contribution in [0.25, 0.3) is 5.65 Å². The minimum atomic E-state index is -0.500. The van der Waals surface area contributed by atoms with Crippen molar-refractivity contribution in [2.75, 3.05) is 5.75 Å². The van der Waals surface area contributed by atoms with Gasteiger partial charge in [-0.2, -0.15) is 0 Å². The summed E-state index contributed by atoms with van der Waals surface area (Å²) in [7, 11) is 0. The van der Waals surface area contributed by atoms with Gasteiger partial charge in [0.2, 0.25) is 5.91 Å². The first-order valence-electron chi connectivity index (χ1n) is 6.79. The van der Waals surface area contributed by atoms with E-state index in [1.165, 1.54) is 11.8 Å². The Bertz CT molecular complexity index is 712. The van der Waals surface area contributed by atoms with Gasteiger partial charge in [-0.3, -0.25) is 14.5 Å². The molecule has 0 aliphatic carbocycles. The van der Waals surface area contributed by atoms with Gasteiger partial charge in [0.25, 0.3) is 0 Å². The van der Waals surface area contributed by atoms with Crippen LogP contribution < -0.4 is 10.6 Å². The summed E-state index contributed by atoms with van der Waals surface area (Å²) in [6.07, 6.45) is 0. The van der Waals surface area contributed by atoms with Crippen LogP contribution in [-0.4, -0.2) is 43.3 Å². The summed E-state index contributed by atoms with van der Waals surface area (Å²) in [6, 6.07) is 1.29. The number of carbonyl (C=O) groups excluding carboxylic acids is 2. The molecule has 2 heterocycles. The van der Waals surface area contributed by atoms with Crippen molar-refractivity contribution in [2.45, 2.75) is 38.9 Å². The molecule has 2 N–H and O–H groups in total. The molecule has 2 rings (SSSR count). The van der Waals surface area contributed by atoms with E-state index in [9.17, 15) is 9.59 Å². The van der Waals surface area contributed by atoms with Crippen LogP contribution in [0.15, 0.2) is 11.2 Å². The van der Waals surface area contributed by atoms with Gasteiger partial charge in [-0.05, 0) is 27.7 Å². The number of urea groups is 1. The van der Waals surface area contributed by atoms with Gasteiger partial charge in [-0.15, -0.1) is 10.2 Å². The molecular formula is C13H18N6O2S. The van der Waals surface area contributed by atoms with E-state index in [1.807, 2.05) is 33.8 Å². The average molecular weight is 322 g/mol. The van der Waals surface area contributed by atoms with Gasteiger partial charge in [0.15, 0.2) is 10.8 Å². The van der Waals surface area contributed by atoms with E-state index < -0.39 is 11.9 Å². The highest BCUT2D eigenvalue weighted by Crippen LogP contribution is 2.18. The molecule has 0 spiro atoms. The molecule has 8 nitrogen and oxygen atoms in total. The third-order valence-electron chi connectivity index (χ3n) is 2.66. The van der Waals surface area contributed by atoms with Crippen LogP contribution in [-0.2, 0) is 4.79 Å². The van der Waals surface area contributed by atoms with Crippen molar-refractivity contribution < 1.29 is 9.59 Å². The van der Waals surface area contributed by atoms with Crippen LogP contribution >= 0.6 is 11.8 Å². The Kier molecular flexibility index (Phi) is 4.96. The van der Waals surface area contributed by atoms with E-state index in [2.05, 4.69) is 25.8 Å². The normalized spacial score (nSPS) is 11.0. The molecule has 0 unspecified atom stereocenters. The van der Waals surface area contributed by atoms with Crippen LogP contribution in [0.3, 0.4) is 0 Å². The third-order valence-corrected chi connectivity index (χ3v) is 3.59. The molecule has 0 bridgehead atoms. The summed E-state index contributed by atoms with van der Waals surface area (Å²) in [4.78, 5) is 27.5. The molecule has 118 valence electrons. The van der Waals surface area contributed by atoms with Gasteiger partial charge in [0.05, 0.1) is 5.75 Å². The second-order valence-corrected chi connectivity index (χ2v) is 6.03. The van der Waals surface area contributed by atoms with Crippen molar-refractivity contribution in [1.82, 2.24) is 30.2 Å². The number of nitrogens with one attached hydrogen (secondary N) is 2. The maximum absolute atomic E-state index is 11.7. The van der Waals surface area contributed by atoms with Crippen molar-refractivity contribution in [3.63, 3.8) is 0 Å². The smallest absolute Gasteiger partial charge is 0.321 e. The van der Waals surface area contributed by atoms with Crippen molar-refractivity contribution in [3.05, 3.63) is 17.6 Å². The quantitative estimate of drug-likeness (QED) is 0.817. The lowest BCUT2D eigenvalue weighted by molar-refractivity contribution is -0.117. The Morgan fingerprint density at radius 1 is 1.32 bits per heavy atom. The average Bonchev–Trinajstić information content (AvgIpc) is 2.78. The number of amides is 3. The molecule has 0 aromatic carbocycles.